The molecule has 1 unspecified atom stereocenters. The number of anilines is 1. The Kier molecular flexibility index (Phi) is 6.35. The molecule has 2 rings (SSSR count). The van der Waals surface area contributed by atoms with E-state index in [1.807, 2.05) is 13.8 Å². The summed E-state index contributed by atoms with van der Waals surface area (Å²) in [6.07, 6.45) is -3.08. The number of pyridine rings is 1. The fraction of sp³-hybridized carbons (Fsp3) is 0.294. The second-order valence-corrected chi connectivity index (χ2v) is 7.23. The number of amides is 1. The van der Waals surface area contributed by atoms with Crippen LogP contribution in [0.5, 0.6) is 0 Å². The van der Waals surface area contributed by atoms with E-state index in [9.17, 15) is 18.0 Å². The van der Waals surface area contributed by atoms with E-state index in [2.05, 4.69) is 10.3 Å². The van der Waals surface area contributed by atoms with Gasteiger partial charge >= 0.3 is 6.18 Å². The molecule has 2 aromatic rings. The predicted molar refractivity (Wildman–Crippen MR) is 93.8 cm³/mol. The molecular formula is C17H16ClF3N2OS. The van der Waals surface area contributed by atoms with E-state index in [0.29, 0.717) is 10.0 Å². The Bertz CT molecular complexity index is 735. The fourth-order valence-corrected chi connectivity index (χ4v) is 3.17. The number of thioether (sulfide) groups is 1. The number of rotatable bonds is 5. The molecule has 3 nitrogen and oxygen atoms in total. The highest BCUT2D eigenvalue weighted by Gasteiger charge is 2.34. The van der Waals surface area contributed by atoms with E-state index in [1.165, 1.54) is 36.2 Å². The third-order valence-electron chi connectivity index (χ3n) is 3.30. The highest BCUT2D eigenvalue weighted by atomic mass is 35.5. The standard InChI is InChI=1S/C17H16ClF3N2OS/c1-10(2)15(25-14-8-7-11(18)9-22-14)16(24)23-13-6-4-3-5-12(13)17(19,20)21/h3-10,15H,1-2H3,(H,23,24). The van der Waals surface area contributed by atoms with Gasteiger partial charge in [-0.3, -0.25) is 4.79 Å². The topological polar surface area (TPSA) is 42.0 Å². The second-order valence-electron chi connectivity index (χ2n) is 5.63. The Morgan fingerprint density at radius 3 is 2.44 bits per heavy atom. The number of hydrogen-bond donors (Lipinski definition) is 1. The zero-order chi connectivity index (χ0) is 18.6. The molecule has 1 aromatic carbocycles. The van der Waals surface area contributed by atoms with Crippen LogP contribution in [0, 0.1) is 5.92 Å². The van der Waals surface area contributed by atoms with Crippen LogP contribution in [-0.4, -0.2) is 16.1 Å². The first kappa shape index (κ1) is 19.6. The monoisotopic (exact) mass is 388 g/mol. The summed E-state index contributed by atoms with van der Waals surface area (Å²) < 4.78 is 39.2. The predicted octanol–water partition coefficient (Wildman–Crippen LogP) is 5.51. The summed E-state index contributed by atoms with van der Waals surface area (Å²) in [5.74, 6) is -0.617. The summed E-state index contributed by atoms with van der Waals surface area (Å²) in [6, 6.07) is 8.22. The maximum absolute atomic E-state index is 13.1. The molecule has 0 saturated heterocycles. The van der Waals surface area contributed by atoms with Gasteiger partial charge in [-0.25, -0.2) is 4.98 Å². The molecule has 134 valence electrons. The zero-order valence-electron chi connectivity index (χ0n) is 13.5. The molecule has 1 amide bonds. The average Bonchev–Trinajstić information content (AvgIpc) is 2.53. The summed E-state index contributed by atoms with van der Waals surface area (Å²) in [6.45, 7) is 3.64. The van der Waals surface area contributed by atoms with Gasteiger partial charge in [-0.2, -0.15) is 13.2 Å². The Labute approximate surface area is 153 Å². The highest BCUT2D eigenvalue weighted by molar-refractivity contribution is 8.00. The van der Waals surface area contributed by atoms with Gasteiger partial charge in [-0.05, 0) is 30.2 Å². The number of carbonyl (C=O) groups excluding carboxylic acids is 1. The molecule has 0 bridgehead atoms. The lowest BCUT2D eigenvalue weighted by atomic mass is 10.1. The summed E-state index contributed by atoms with van der Waals surface area (Å²) in [5.41, 5.74) is -1.13. The Morgan fingerprint density at radius 1 is 1.20 bits per heavy atom. The van der Waals surface area contributed by atoms with Crippen LogP contribution in [0.2, 0.25) is 5.02 Å². The van der Waals surface area contributed by atoms with Crippen LogP contribution in [0.3, 0.4) is 0 Å². The molecule has 25 heavy (non-hydrogen) atoms. The lowest BCUT2D eigenvalue weighted by Crippen LogP contribution is -2.30. The van der Waals surface area contributed by atoms with Crippen molar-refractivity contribution in [1.82, 2.24) is 4.98 Å². The number of aromatic nitrogens is 1. The first-order chi connectivity index (χ1) is 11.7. The van der Waals surface area contributed by atoms with Crippen LogP contribution in [0.4, 0.5) is 18.9 Å². The van der Waals surface area contributed by atoms with Crippen molar-refractivity contribution >= 4 is 35.0 Å². The molecule has 1 N–H and O–H groups in total. The Morgan fingerprint density at radius 2 is 1.88 bits per heavy atom. The fourth-order valence-electron chi connectivity index (χ4n) is 2.10. The third kappa shape index (κ3) is 5.37. The van der Waals surface area contributed by atoms with Crippen LogP contribution in [0.1, 0.15) is 19.4 Å². The lowest BCUT2D eigenvalue weighted by Gasteiger charge is -2.21. The quantitative estimate of drug-likeness (QED) is 0.687. The van der Waals surface area contributed by atoms with Crippen LogP contribution >= 0.6 is 23.4 Å². The second kappa shape index (κ2) is 8.10. The molecule has 0 spiro atoms. The van der Waals surface area contributed by atoms with Gasteiger partial charge in [0.25, 0.3) is 0 Å². The van der Waals surface area contributed by atoms with E-state index in [0.717, 1.165) is 6.07 Å². The van der Waals surface area contributed by atoms with Crippen LogP contribution < -0.4 is 5.32 Å². The number of carbonyl (C=O) groups is 1. The smallest absolute Gasteiger partial charge is 0.325 e. The lowest BCUT2D eigenvalue weighted by molar-refractivity contribution is -0.137. The number of alkyl halides is 3. The van der Waals surface area contributed by atoms with Crippen molar-refractivity contribution in [2.45, 2.75) is 30.3 Å². The molecule has 0 aliphatic carbocycles. The van der Waals surface area contributed by atoms with Crippen LogP contribution in [0.15, 0.2) is 47.6 Å². The first-order valence-corrected chi connectivity index (χ1v) is 8.69. The number of nitrogens with zero attached hydrogens (tertiary/aromatic N) is 1. The molecule has 0 radical (unpaired) electrons. The van der Waals surface area contributed by atoms with E-state index in [4.69, 9.17) is 11.6 Å². The number of nitrogens with one attached hydrogen (secondary N) is 1. The van der Waals surface area contributed by atoms with E-state index in [-0.39, 0.29) is 11.6 Å². The van der Waals surface area contributed by atoms with Crippen molar-refractivity contribution in [1.29, 1.82) is 0 Å². The minimum Gasteiger partial charge on any atom is -0.325 e. The average molecular weight is 389 g/mol. The van der Waals surface area contributed by atoms with Crippen LogP contribution in [-0.2, 0) is 11.0 Å². The molecule has 1 atom stereocenters. The molecule has 1 aromatic heterocycles. The Balaban J connectivity index is 2.20. The number of hydrogen-bond acceptors (Lipinski definition) is 3. The van der Waals surface area contributed by atoms with Gasteiger partial charge in [0.05, 0.1) is 26.5 Å². The van der Waals surface area contributed by atoms with E-state index >= 15 is 0 Å². The minimum atomic E-state index is -4.54. The van der Waals surface area contributed by atoms with Gasteiger partial charge in [0.1, 0.15) is 0 Å². The molecule has 8 heteroatoms. The molecule has 0 fully saturated rings. The SMILES string of the molecule is CC(C)C(Sc1ccc(Cl)cn1)C(=O)Nc1ccccc1C(F)(F)F. The number of para-hydroxylation sites is 1. The van der Waals surface area contributed by atoms with Gasteiger partial charge in [0.15, 0.2) is 0 Å². The normalized spacial score (nSPS) is 12.9. The molecule has 0 saturated carbocycles. The Hall–Kier alpha value is -1.73. The first-order valence-electron chi connectivity index (χ1n) is 7.44. The molecule has 1 heterocycles. The van der Waals surface area contributed by atoms with Gasteiger partial charge in [-0.15, -0.1) is 0 Å². The van der Waals surface area contributed by atoms with Crippen molar-refractivity contribution in [2.24, 2.45) is 5.92 Å². The number of halogens is 4. The van der Waals surface area contributed by atoms with E-state index < -0.39 is 22.9 Å². The van der Waals surface area contributed by atoms with Gasteiger partial charge in [0.2, 0.25) is 5.91 Å². The van der Waals surface area contributed by atoms with Crippen molar-refractivity contribution < 1.29 is 18.0 Å². The molecule has 0 aliphatic rings. The summed E-state index contributed by atoms with van der Waals surface area (Å²) in [4.78, 5) is 16.7. The van der Waals surface area contributed by atoms with Gasteiger partial charge in [0, 0.05) is 6.20 Å². The molecular weight excluding hydrogens is 373 g/mol. The largest absolute Gasteiger partial charge is 0.418 e. The van der Waals surface area contributed by atoms with Crippen molar-refractivity contribution in [2.75, 3.05) is 5.32 Å². The van der Waals surface area contributed by atoms with Gasteiger partial charge < -0.3 is 5.32 Å². The van der Waals surface area contributed by atoms with Crippen molar-refractivity contribution in [3.63, 3.8) is 0 Å². The summed E-state index contributed by atoms with van der Waals surface area (Å²) in [7, 11) is 0. The summed E-state index contributed by atoms with van der Waals surface area (Å²) in [5, 5.41) is 2.83. The minimum absolute atomic E-state index is 0.111. The van der Waals surface area contributed by atoms with Crippen LogP contribution in [0.25, 0.3) is 0 Å². The van der Waals surface area contributed by atoms with Crippen molar-refractivity contribution in [3.05, 3.63) is 53.2 Å². The van der Waals surface area contributed by atoms with Crippen molar-refractivity contribution in [3.8, 4) is 0 Å². The third-order valence-corrected chi connectivity index (χ3v) is 5.02. The number of benzene rings is 1. The maximum Gasteiger partial charge on any atom is 0.418 e. The maximum atomic E-state index is 13.1. The van der Waals surface area contributed by atoms with E-state index in [1.54, 1.807) is 12.1 Å². The highest BCUT2D eigenvalue weighted by Crippen LogP contribution is 2.35. The zero-order valence-corrected chi connectivity index (χ0v) is 15.0. The van der Waals surface area contributed by atoms with Gasteiger partial charge in [-0.1, -0.05) is 49.3 Å². The molecule has 0 aliphatic heterocycles. The summed E-state index contributed by atoms with van der Waals surface area (Å²) >= 11 is 6.97.